The van der Waals surface area contributed by atoms with E-state index >= 15 is 0 Å². The number of nitro groups is 2. The summed E-state index contributed by atoms with van der Waals surface area (Å²) in [6, 6.07) is 10.2. The van der Waals surface area contributed by atoms with Gasteiger partial charge in [-0.2, -0.15) is 0 Å². The van der Waals surface area contributed by atoms with Gasteiger partial charge in [-0.05, 0) is 30.0 Å². The van der Waals surface area contributed by atoms with E-state index in [4.69, 9.17) is 13.0 Å². The van der Waals surface area contributed by atoms with Gasteiger partial charge >= 0.3 is 0 Å². The molecule has 24 heavy (non-hydrogen) atoms. The number of nitrogens with one attached hydrogen (secondary N) is 1. The fourth-order valence-corrected chi connectivity index (χ4v) is 3.07. The van der Waals surface area contributed by atoms with Crippen LogP contribution in [0, 0.1) is 20.2 Å². The minimum absolute atomic E-state index is 0.00292. The minimum Gasteiger partial charge on any atom is -0.303 e. The van der Waals surface area contributed by atoms with Gasteiger partial charge in [-0.15, -0.1) is 0 Å². The zero-order valence-electron chi connectivity index (χ0n) is 13.5. The predicted octanol–water partition coefficient (Wildman–Crippen LogP) is 4.32. The van der Waals surface area contributed by atoms with E-state index in [1.165, 1.54) is 29.6 Å². The normalized spacial score (nSPS) is 21.5. The molecule has 3 rings (SSSR count). The lowest BCUT2D eigenvalue weighted by atomic mass is 10.0. The van der Waals surface area contributed by atoms with Crippen LogP contribution in [0.2, 0.25) is 6.43 Å². The van der Waals surface area contributed by atoms with E-state index in [0.29, 0.717) is 18.4 Å². The highest BCUT2D eigenvalue weighted by Crippen LogP contribution is 2.37. The Morgan fingerprint density at radius 1 is 1.00 bits per heavy atom. The van der Waals surface area contributed by atoms with Crippen molar-refractivity contribution in [3.8, 4) is 0 Å². The minimum atomic E-state index is -0.539. The number of hydrogen-bond acceptors (Lipinski definition) is 5. The fraction of sp³-hybridized carbons (Fsp3) is 0.250. The van der Waals surface area contributed by atoms with Crippen LogP contribution in [0.4, 0.5) is 11.4 Å². The number of hydrogen-bond donors (Lipinski definition) is 1. The highest BCUT2D eigenvalue weighted by atomic mass is 35.5. The molecule has 1 N–H and O–H groups in total. The lowest BCUT2D eigenvalue weighted by molar-refractivity contribution is -0.385. The molecule has 0 saturated carbocycles. The van der Waals surface area contributed by atoms with E-state index < -0.39 is 9.85 Å². The summed E-state index contributed by atoms with van der Waals surface area (Å²) in [4.78, 5) is 20.8. The van der Waals surface area contributed by atoms with Gasteiger partial charge in [0.05, 0.1) is 9.85 Å². The molecule has 0 aliphatic carbocycles. The van der Waals surface area contributed by atoms with Crippen molar-refractivity contribution in [2.75, 3.05) is 0 Å². The molecule has 0 bridgehead atoms. The van der Waals surface area contributed by atoms with Gasteiger partial charge in [0.1, 0.15) is 6.43 Å². The van der Waals surface area contributed by atoms with Crippen molar-refractivity contribution in [1.82, 2.24) is 5.31 Å². The van der Waals surface area contributed by atoms with Crippen molar-refractivity contribution >= 4 is 23.0 Å². The summed E-state index contributed by atoms with van der Waals surface area (Å²) in [5, 5.41) is 23.3. The van der Waals surface area contributed by atoms with Crippen molar-refractivity contribution in [2.24, 2.45) is 0 Å². The van der Waals surface area contributed by atoms with Gasteiger partial charge in [-0.1, -0.05) is 29.8 Å². The van der Waals surface area contributed by atoms with Crippen molar-refractivity contribution < 1.29 is 11.3 Å². The Hall–Kier alpha value is -2.51. The molecule has 1 aliphatic heterocycles. The zero-order valence-corrected chi connectivity index (χ0v) is 13.2. The third-order valence-electron chi connectivity index (χ3n) is 4.11. The van der Waals surface area contributed by atoms with Crippen LogP contribution in [0.25, 0.3) is 0 Å². The Labute approximate surface area is 144 Å². The maximum atomic E-state index is 11.0. The van der Waals surface area contributed by atoms with Crippen molar-refractivity contribution in [3.63, 3.8) is 0 Å². The number of nitro benzene ring substituents is 2. The molecule has 0 spiro atoms. The van der Waals surface area contributed by atoms with E-state index in [2.05, 4.69) is 0 Å². The van der Waals surface area contributed by atoms with Gasteiger partial charge in [-0.25, -0.2) is 0 Å². The summed E-state index contributed by atoms with van der Waals surface area (Å²) in [5.41, 5.74) is 1.30. The summed E-state index contributed by atoms with van der Waals surface area (Å²) < 4.78 is 8.39. The van der Waals surface area contributed by atoms with E-state index in [0.717, 1.165) is 5.56 Å². The summed E-state index contributed by atoms with van der Waals surface area (Å²) in [6.45, 7) is 0. The van der Waals surface area contributed by atoms with Crippen LogP contribution in [0.15, 0.2) is 42.5 Å². The summed E-state index contributed by atoms with van der Waals surface area (Å²) >= 11 is 5.84. The van der Waals surface area contributed by atoms with Gasteiger partial charge in [0.15, 0.2) is 0 Å². The van der Waals surface area contributed by atoms with Gasteiger partial charge in [0.2, 0.25) is 0 Å². The fourth-order valence-electron chi connectivity index (χ4n) is 2.88. The molecule has 8 heteroatoms. The van der Waals surface area contributed by atoms with Crippen LogP contribution in [0.3, 0.4) is 0 Å². The van der Waals surface area contributed by atoms with Crippen LogP contribution in [0.5, 0.6) is 0 Å². The van der Waals surface area contributed by atoms with Gasteiger partial charge in [0, 0.05) is 30.3 Å². The molecule has 0 amide bonds. The molecule has 7 nitrogen and oxygen atoms in total. The summed E-state index contributed by atoms with van der Waals surface area (Å²) in [7, 11) is 0. The van der Waals surface area contributed by atoms with Crippen molar-refractivity contribution in [2.45, 2.75) is 24.9 Å². The average molecular weight is 349 g/mol. The number of non-ortho nitro benzene ring substituents is 1. The van der Waals surface area contributed by atoms with Gasteiger partial charge in [0.25, 0.3) is 11.4 Å². The molecule has 124 valence electrons. The van der Waals surface area contributed by atoms with Crippen molar-refractivity contribution in [1.29, 1.82) is 0 Å². The topological polar surface area (TPSA) is 98.3 Å². The van der Waals surface area contributed by atoms with Crippen molar-refractivity contribution in [3.05, 3.63) is 78.8 Å². The maximum absolute atomic E-state index is 11.0. The monoisotopic (exact) mass is 348 g/mol. The van der Waals surface area contributed by atoms with Crippen LogP contribution in [-0.4, -0.2) is 9.85 Å². The number of benzene rings is 2. The number of halogens is 1. The maximum Gasteiger partial charge on any atom is 0.288 e. The Kier molecular flexibility index (Phi) is 4.10. The number of nitrogens with zero attached hydrogens (tertiary/aromatic N) is 2. The van der Waals surface area contributed by atoms with Crippen LogP contribution < -0.4 is 5.31 Å². The molecular formula is C16H14ClN3O4. The van der Waals surface area contributed by atoms with Gasteiger partial charge in [-0.3, -0.25) is 20.2 Å². The second kappa shape index (κ2) is 6.54. The molecule has 1 aliphatic rings. The summed E-state index contributed by atoms with van der Waals surface area (Å²) in [5.74, 6) is 0. The van der Waals surface area contributed by atoms with E-state index in [1.54, 1.807) is 18.2 Å². The van der Waals surface area contributed by atoms with Crippen LogP contribution in [-0.2, 0) is 0 Å². The van der Waals surface area contributed by atoms with Crippen LogP contribution >= 0.6 is 11.6 Å². The Balaban J connectivity index is 1.84. The van der Waals surface area contributed by atoms with E-state index in [-0.39, 0.29) is 28.5 Å². The first-order chi connectivity index (χ1) is 11.9. The lowest BCUT2D eigenvalue weighted by Crippen LogP contribution is -2.17. The molecule has 0 radical (unpaired) electrons. The molecule has 2 atom stereocenters. The second-order valence-electron chi connectivity index (χ2n) is 5.57. The third kappa shape index (κ3) is 3.22. The standard InChI is InChI=1S/C16H14ClN3O4/c17-13-6-3-11(9-16(13)20(23)24)15-8-7-14(18-15)10-1-4-12(5-2-10)19(21)22/h1-6,9,14-15,18H,7-8H2/i/hD. The highest BCUT2D eigenvalue weighted by molar-refractivity contribution is 6.32. The van der Waals surface area contributed by atoms with Crippen LogP contribution in [0.1, 0.15) is 36.1 Å². The molecule has 2 aromatic carbocycles. The lowest BCUT2D eigenvalue weighted by Gasteiger charge is -2.15. The SMILES string of the molecule is [2H]N1C(c2ccc([N+](=O)[O-])cc2)CCC1c1ccc(Cl)c([N+](=O)[O-])c1. The molecule has 2 aromatic rings. The zero-order chi connectivity index (χ0) is 18.1. The summed E-state index contributed by atoms with van der Waals surface area (Å²) in [6.07, 6.45) is 1.34. The smallest absolute Gasteiger partial charge is 0.288 e. The molecular weight excluding hydrogens is 334 g/mol. The second-order valence-corrected chi connectivity index (χ2v) is 5.98. The molecule has 1 fully saturated rings. The average Bonchev–Trinajstić information content (AvgIpc) is 2.96. The molecule has 2 unspecified atom stereocenters. The Bertz CT molecular complexity index is 831. The molecule has 1 heterocycles. The quantitative estimate of drug-likeness (QED) is 0.655. The Morgan fingerprint density at radius 2 is 1.58 bits per heavy atom. The molecule has 0 aromatic heterocycles. The molecule has 1 saturated heterocycles. The third-order valence-corrected chi connectivity index (χ3v) is 4.43. The largest absolute Gasteiger partial charge is 0.303 e. The highest BCUT2D eigenvalue weighted by Gasteiger charge is 2.27. The van der Waals surface area contributed by atoms with E-state index in [9.17, 15) is 20.2 Å². The first-order valence-corrected chi connectivity index (χ1v) is 7.71. The predicted molar refractivity (Wildman–Crippen MR) is 89.1 cm³/mol. The van der Waals surface area contributed by atoms with Gasteiger partial charge < -0.3 is 5.31 Å². The number of rotatable bonds is 4. The first kappa shape index (κ1) is 15.0. The Morgan fingerprint density at radius 3 is 2.17 bits per heavy atom. The van der Waals surface area contributed by atoms with E-state index in [1.807, 2.05) is 0 Å². The first-order valence-electron chi connectivity index (χ1n) is 7.78.